The molecule has 2 rings (SSSR count). The van der Waals surface area contributed by atoms with Gasteiger partial charge in [-0.3, -0.25) is 0 Å². The molecule has 0 spiro atoms. The molecule has 96 valence electrons. The number of aryl methyl sites for hydroxylation is 1. The van der Waals surface area contributed by atoms with E-state index >= 15 is 0 Å². The fourth-order valence-electron chi connectivity index (χ4n) is 2.12. The van der Waals surface area contributed by atoms with Gasteiger partial charge in [-0.1, -0.05) is 37.3 Å². The predicted octanol–water partition coefficient (Wildman–Crippen LogP) is 3.75. The molecule has 0 aliphatic rings. The van der Waals surface area contributed by atoms with Gasteiger partial charge in [-0.15, -0.1) is 0 Å². The van der Waals surface area contributed by atoms with Crippen molar-refractivity contribution >= 4 is 0 Å². The summed E-state index contributed by atoms with van der Waals surface area (Å²) in [6.07, 6.45) is 5.57. The molecule has 1 aromatic heterocycles. The molecule has 0 fully saturated rings. The summed E-state index contributed by atoms with van der Waals surface area (Å²) in [4.78, 5) is 0. The fraction of sp³-hybridized carbons (Fsp3) is 0.375. The summed E-state index contributed by atoms with van der Waals surface area (Å²) in [7, 11) is 0. The maximum absolute atomic E-state index is 3.56. The Morgan fingerprint density at radius 3 is 2.67 bits per heavy atom. The molecule has 0 aliphatic heterocycles. The van der Waals surface area contributed by atoms with Crippen LogP contribution in [0.5, 0.6) is 0 Å². The smallest absolute Gasteiger partial charge is 0.0294 e. The maximum atomic E-state index is 3.56. The molecule has 2 heteroatoms. The van der Waals surface area contributed by atoms with E-state index in [0.717, 1.165) is 13.1 Å². The molecule has 0 radical (unpaired) electrons. The van der Waals surface area contributed by atoms with E-state index in [9.17, 15) is 0 Å². The number of hydrogen-bond donors (Lipinski definition) is 1. The zero-order chi connectivity index (χ0) is 12.8. The molecule has 0 aliphatic carbocycles. The number of hydrogen-bond acceptors (Lipinski definition) is 1. The van der Waals surface area contributed by atoms with Crippen molar-refractivity contribution in [1.82, 2.24) is 9.88 Å². The molecule has 1 heterocycles. The number of benzene rings is 1. The summed E-state index contributed by atoms with van der Waals surface area (Å²) in [6, 6.07) is 13.2. The summed E-state index contributed by atoms with van der Waals surface area (Å²) in [5.74, 6) is 0. The third kappa shape index (κ3) is 3.47. The minimum Gasteiger partial charge on any atom is -0.354 e. The zero-order valence-corrected chi connectivity index (χ0v) is 11.3. The van der Waals surface area contributed by atoms with Crippen LogP contribution in [0.1, 0.15) is 37.4 Å². The molecule has 2 nitrogen and oxygen atoms in total. The lowest BCUT2D eigenvalue weighted by molar-refractivity contribution is 0.573. The van der Waals surface area contributed by atoms with Crippen molar-refractivity contribution in [2.24, 2.45) is 0 Å². The normalized spacial score (nSPS) is 12.6. The highest BCUT2D eigenvalue weighted by molar-refractivity contribution is 5.18. The van der Waals surface area contributed by atoms with E-state index in [1.165, 1.54) is 17.5 Å². The van der Waals surface area contributed by atoms with Gasteiger partial charge in [0.25, 0.3) is 0 Å². The molecule has 0 bridgehead atoms. The minimum atomic E-state index is 0.390. The van der Waals surface area contributed by atoms with Crippen LogP contribution in [-0.2, 0) is 13.1 Å². The highest BCUT2D eigenvalue weighted by atomic mass is 14.9. The zero-order valence-electron chi connectivity index (χ0n) is 11.3. The molecular weight excluding hydrogens is 220 g/mol. The van der Waals surface area contributed by atoms with Gasteiger partial charge in [-0.2, -0.15) is 0 Å². The van der Waals surface area contributed by atoms with Crippen LogP contribution in [0.2, 0.25) is 0 Å². The predicted molar refractivity (Wildman–Crippen MR) is 76.4 cm³/mol. The molecular formula is C16H22N2. The number of rotatable bonds is 6. The molecule has 0 saturated heterocycles. The Balaban J connectivity index is 1.87. The van der Waals surface area contributed by atoms with Gasteiger partial charge in [0.15, 0.2) is 0 Å². The van der Waals surface area contributed by atoms with Crippen LogP contribution in [0, 0.1) is 0 Å². The van der Waals surface area contributed by atoms with E-state index in [2.05, 4.69) is 72.5 Å². The molecule has 1 aromatic carbocycles. The van der Waals surface area contributed by atoms with E-state index < -0.39 is 0 Å². The first-order valence-corrected chi connectivity index (χ1v) is 6.72. The van der Waals surface area contributed by atoms with Gasteiger partial charge in [-0.05, 0) is 30.5 Å². The molecule has 18 heavy (non-hydrogen) atoms. The Labute approximate surface area is 110 Å². The van der Waals surface area contributed by atoms with Crippen LogP contribution in [0.15, 0.2) is 48.8 Å². The Morgan fingerprint density at radius 1 is 1.17 bits per heavy atom. The SMILES string of the molecule is CCCn1ccc(CNC(C)c2ccccc2)c1. The fourth-order valence-corrected chi connectivity index (χ4v) is 2.12. The van der Waals surface area contributed by atoms with E-state index in [0.29, 0.717) is 6.04 Å². The third-order valence-electron chi connectivity index (χ3n) is 3.21. The average Bonchev–Trinajstić information content (AvgIpc) is 2.85. The number of nitrogens with zero attached hydrogens (tertiary/aromatic N) is 1. The molecule has 2 aromatic rings. The lowest BCUT2D eigenvalue weighted by Gasteiger charge is -2.13. The molecule has 0 amide bonds. The lowest BCUT2D eigenvalue weighted by atomic mass is 10.1. The van der Waals surface area contributed by atoms with Crippen LogP contribution < -0.4 is 5.32 Å². The van der Waals surface area contributed by atoms with Crippen molar-refractivity contribution in [1.29, 1.82) is 0 Å². The van der Waals surface area contributed by atoms with Crippen molar-refractivity contribution in [3.8, 4) is 0 Å². The minimum absolute atomic E-state index is 0.390. The van der Waals surface area contributed by atoms with Crippen molar-refractivity contribution in [3.05, 3.63) is 59.9 Å². The van der Waals surface area contributed by atoms with Gasteiger partial charge in [0, 0.05) is 31.5 Å². The summed E-state index contributed by atoms with van der Waals surface area (Å²) >= 11 is 0. The van der Waals surface area contributed by atoms with E-state index in [-0.39, 0.29) is 0 Å². The van der Waals surface area contributed by atoms with Gasteiger partial charge in [0.2, 0.25) is 0 Å². The number of nitrogens with one attached hydrogen (secondary N) is 1. The molecule has 1 unspecified atom stereocenters. The maximum Gasteiger partial charge on any atom is 0.0294 e. The van der Waals surface area contributed by atoms with Gasteiger partial charge < -0.3 is 9.88 Å². The summed E-state index contributed by atoms with van der Waals surface area (Å²) in [5, 5.41) is 3.56. The van der Waals surface area contributed by atoms with E-state index in [1.807, 2.05) is 0 Å². The molecule has 1 N–H and O–H groups in total. The van der Waals surface area contributed by atoms with Crippen LogP contribution in [0.3, 0.4) is 0 Å². The first kappa shape index (κ1) is 12.9. The highest BCUT2D eigenvalue weighted by Crippen LogP contribution is 2.12. The van der Waals surface area contributed by atoms with Crippen LogP contribution in [0.25, 0.3) is 0 Å². The Bertz CT molecular complexity index is 459. The summed E-state index contributed by atoms with van der Waals surface area (Å²) < 4.78 is 2.25. The van der Waals surface area contributed by atoms with Gasteiger partial charge in [0.05, 0.1) is 0 Å². The van der Waals surface area contributed by atoms with Gasteiger partial charge >= 0.3 is 0 Å². The lowest BCUT2D eigenvalue weighted by Crippen LogP contribution is -2.17. The van der Waals surface area contributed by atoms with Gasteiger partial charge in [-0.25, -0.2) is 0 Å². The standard InChI is InChI=1S/C16H22N2/c1-3-10-18-11-9-15(13-18)12-17-14(2)16-7-5-4-6-8-16/h4-9,11,13-14,17H,3,10,12H2,1-2H3. The van der Waals surface area contributed by atoms with Crippen LogP contribution in [-0.4, -0.2) is 4.57 Å². The summed E-state index contributed by atoms with van der Waals surface area (Å²) in [6.45, 7) is 6.44. The van der Waals surface area contributed by atoms with Crippen LogP contribution >= 0.6 is 0 Å². The van der Waals surface area contributed by atoms with Crippen LogP contribution in [0.4, 0.5) is 0 Å². The van der Waals surface area contributed by atoms with Crippen molar-refractivity contribution in [3.63, 3.8) is 0 Å². The summed E-state index contributed by atoms with van der Waals surface area (Å²) in [5.41, 5.74) is 2.69. The second-order valence-corrected chi connectivity index (χ2v) is 4.77. The first-order valence-electron chi connectivity index (χ1n) is 6.72. The van der Waals surface area contributed by atoms with Gasteiger partial charge in [0.1, 0.15) is 0 Å². The largest absolute Gasteiger partial charge is 0.354 e. The van der Waals surface area contributed by atoms with Crippen molar-refractivity contribution in [2.75, 3.05) is 0 Å². The topological polar surface area (TPSA) is 17.0 Å². The Morgan fingerprint density at radius 2 is 1.94 bits per heavy atom. The van der Waals surface area contributed by atoms with Crippen molar-refractivity contribution in [2.45, 2.75) is 39.4 Å². The van der Waals surface area contributed by atoms with E-state index in [4.69, 9.17) is 0 Å². The van der Waals surface area contributed by atoms with E-state index in [1.54, 1.807) is 0 Å². The quantitative estimate of drug-likeness (QED) is 0.816. The second-order valence-electron chi connectivity index (χ2n) is 4.77. The highest BCUT2D eigenvalue weighted by Gasteiger charge is 2.04. The average molecular weight is 242 g/mol. The Hall–Kier alpha value is -1.54. The molecule has 0 saturated carbocycles. The third-order valence-corrected chi connectivity index (χ3v) is 3.21. The number of aromatic nitrogens is 1. The first-order chi connectivity index (χ1) is 8.79. The second kappa shape index (κ2) is 6.41. The van der Waals surface area contributed by atoms with Crippen molar-refractivity contribution < 1.29 is 0 Å². The Kier molecular flexibility index (Phi) is 4.59. The molecule has 1 atom stereocenters. The monoisotopic (exact) mass is 242 g/mol.